The molecule has 0 spiro atoms. The number of pyridine rings is 1. The van der Waals surface area contributed by atoms with Crippen LogP contribution in [0.4, 0.5) is 5.82 Å². The Kier molecular flexibility index (Phi) is 7.38. The molecular weight excluding hydrogens is 518 g/mol. The summed E-state index contributed by atoms with van der Waals surface area (Å²) in [6.07, 6.45) is 6.23. The van der Waals surface area contributed by atoms with Gasteiger partial charge >= 0.3 is 0 Å². The molecule has 1 aliphatic heterocycles. The van der Waals surface area contributed by atoms with Crippen LogP contribution in [-0.4, -0.2) is 55.7 Å². The molecule has 1 atom stereocenters. The van der Waals surface area contributed by atoms with Crippen LogP contribution in [0, 0.1) is 13.8 Å². The number of benzene rings is 1. The Morgan fingerprint density at radius 2 is 2.10 bits per heavy atom. The number of rotatable bonds is 7. The molecule has 5 rings (SSSR count). The van der Waals surface area contributed by atoms with Gasteiger partial charge in [-0.25, -0.2) is 14.6 Å². The summed E-state index contributed by atoms with van der Waals surface area (Å²) in [7, 11) is 1.64. The summed E-state index contributed by atoms with van der Waals surface area (Å²) in [5.74, 6) is 1.53. The van der Waals surface area contributed by atoms with Crippen molar-refractivity contribution >= 4 is 34.4 Å². The second kappa shape index (κ2) is 10.9. The third-order valence-electron chi connectivity index (χ3n) is 7.07. The van der Waals surface area contributed by atoms with Crippen LogP contribution < -0.4 is 15.2 Å². The SMILES string of the molecule is C=CC(=O)N1CCCC(n2nc(-c3ccc(OCc4ncc(C)c(OC)c4C)c(Cl)c3)c3c(N)ncnc32)C1. The lowest BCUT2D eigenvalue weighted by atomic mass is 10.1. The second-order valence-electron chi connectivity index (χ2n) is 9.52. The van der Waals surface area contributed by atoms with Gasteiger partial charge in [-0.2, -0.15) is 5.10 Å². The molecule has 10 nitrogen and oxygen atoms in total. The van der Waals surface area contributed by atoms with Gasteiger partial charge in [-0.1, -0.05) is 18.2 Å². The van der Waals surface area contributed by atoms with Gasteiger partial charge < -0.3 is 20.1 Å². The molecule has 1 aliphatic rings. The first-order chi connectivity index (χ1) is 18.8. The number of fused-ring (bicyclic) bond motifs is 1. The Bertz CT molecular complexity index is 1570. The van der Waals surface area contributed by atoms with Gasteiger partial charge in [-0.15, -0.1) is 0 Å². The van der Waals surface area contributed by atoms with Gasteiger partial charge in [-0.05, 0) is 51.0 Å². The number of aromatic nitrogens is 5. The molecule has 1 saturated heterocycles. The fraction of sp³-hybridized carbons (Fsp3) is 0.321. The summed E-state index contributed by atoms with van der Waals surface area (Å²) in [4.78, 5) is 27.2. The number of halogens is 1. The van der Waals surface area contributed by atoms with Crippen LogP contribution in [0.15, 0.2) is 43.4 Å². The molecule has 39 heavy (non-hydrogen) atoms. The summed E-state index contributed by atoms with van der Waals surface area (Å²) in [6.45, 7) is 8.96. The average molecular weight is 548 g/mol. The lowest BCUT2D eigenvalue weighted by Gasteiger charge is -2.32. The van der Waals surface area contributed by atoms with Crippen LogP contribution in [0.3, 0.4) is 0 Å². The van der Waals surface area contributed by atoms with E-state index in [1.165, 1.54) is 12.4 Å². The molecule has 1 fully saturated rings. The minimum absolute atomic E-state index is 0.0616. The van der Waals surface area contributed by atoms with E-state index >= 15 is 0 Å². The molecule has 3 aromatic heterocycles. The molecule has 0 bridgehead atoms. The van der Waals surface area contributed by atoms with Crippen LogP contribution in [0.2, 0.25) is 5.02 Å². The zero-order valence-corrected chi connectivity index (χ0v) is 22.9. The predicted molar refractivity (Wildman–Crippen MR) is 150 cm³/mol. The van der Waals surface area contributed by atoms with Crippen molar-refractivity contribution in [3.05, 3.63) is 65.2 Å². The number of aryl methyl sites for hydroxylation is 1. The van der Waals surface area contributed by atoms with Crippen molar-refractivity contribution < 1.29 is 14.3 Å². The number of nitrogens with two attached hydrogens (primary N) is 1. The van der Waals surface area contributed by atoms with E-state index in [9.17, 15) is 4.79 Å². The van der Waals surface area contributed by atoms with Crippen LogP contribution in [0.1, 0.15) is 35.7 Å². The van der Waals surface area contributed by atoms with Crippen molar-refractivity contribution in [2.75, 3.05) is 25.9 Å². The molecule has 1 unspecified atom stereocenters. The Labute approximate surface area is 231 Å². The largest absolute Gasteiger partial charge is 0.496 e. The number of carbonyl (C=O) groups is 1. The van der Waals surface area contributed by atoms with Crippen LogP contribution in [-0.2, 0) is 11.4 Å². The highest BCUT2D eigenvalue weighted by Crippen LogP contribution is 2.37. The molecule has 0 aliphatic carbocycles. The number of anilines is 1. The molecule has 0 saturated carbocycles. The van der Waals surface area contributed by atoms with Gasteiger partial charge in [0.25, 0.3) is 0 Å². The summed E-state index contributed by atoms with van der Waals surface area (Å²) in [5.41, 5.74) is 10.9. The van der Waals surface area contributed by atoms with Crippen LogP contribution >= 0.6 is 11.6 Å². The highest BCUT2D eigenvalue weighted by Gasteiger charge is 2.28. The Hall–Kier alpha value is -4.18. The minimum atomic E-state index is -0.0950. The number of ether oxygens (including phenoxy) is 2. The number of likely N-dealkylation sites (tertiary alicyclic amines) is 1. The van der Waals surface area contributed by atoms with E-state index < -0.39 is 0 Å². The molecule has 11 heteroatoms. The average Bonchev–Trinajstić information content (AvgIpc) is 3.34. The maximum Gasteiger partial charge on any atom is 0.246 e. The first-order valence-electron chi connectivity index (χ1n) is 12.6. The van der Waals surface area contributed by atoms with Crippen molar-refractivity contribution in [1.82, 2.24) is 29.6 Å². The standard InChI is InChI=1S/C28H30ClN7O3/c1-5-23(37)35-10-6-7-19(13-35)36-28-24(27(30)32-15-33-28)25(34-36)18-8-9-22(20(29)11-18)39-14-21-17(3)26(38-4)16(2)12-31-21/h5,8-9,11-12,15,19H,1,6-7,10,13-14H2,2-4H3,(H2,30,32,33). The van der Waals surface area contributed by atoms with Gasteiger partial charge in [0.15, 0.2) is 5.65 Å². The number of methoxy groups -OCH3 is 1. The van der Waals surface area contributed by atoms with Crippen LogP contribution in [0.5, 0.6) is 11.5 Å². The number of hydrogen-bond donors (Lipinski definition) is 1. The second-order valence-corrected chi connectivity index (χ2v) is 9.92. The summed E-state index contributed by atoms with van der Waals surface area (Å²) in [6, 6.07) is 5.41. The Morgan fingerprint density at radius 3 is 2.85 bits per heavy atom. The van der Waals surface area contributed by atoms with Crippen molar-refractivity contribution in [2.24, 2.45) is 0 Å². The van der Waals surface area contributed by atoms with E-state index in [2.05, 4.69) is 21.5 Å². The highest BCUT2D eigenvalue weighted by molar-refractivity contribution is 6.32. The smallest absolute Gasteiger partial charge is 0.246 e. The number of piperidine rings is 1. The van der Waals surface area contributed by atoms with E-state index in [0.29, 0.717) is 46.4 Å². The van der Waals surface area contributed by atoms with Crippen molar-refractivity contribution in [3.63, 3.8) is 0 Å². The zero-order valence-electron chi connectivity index (χ0n) is 22.1. The highest BCUT2D eigenvalue weighted by atomic mass is 35.5. The monoisotopic (exact) mass is 547 g/mol. The van der Waals surface area contributed by atoms with Gasteiger partial charge in [-0.3, -0.25) is 9.78 Å². The number of hydrogen-bond acceptors (Lipinski definition) is 8. The first kappa shape index (κ1) is 26.4. The maximum absolute atomic E-state index is 12.3. The van der Waals surface area contributed by atoms with Crippen molar-refractivity contribution in [3.8, 4) is 22.8 Å². The number of nitrogen functional groups attached to an aromatic ring is 1. The lowest BCUT2D eigenvalue weighted by molar-refractivity contribution is -0.127. The predicted octanol–water partition coefficient (Wildman–Crippen LogP) is 4.68. The number of nitrogens with zero attached hydrogens (tertiary/aromatic N) is 6. The van der Waals surface area contributed by atoms with Crippen molar-refractivity contribution in [2.45, 2.75) is 39.3 Å². The topological polar surface area (TPSA) is 121 Å². The normalized spacial score (nSPS) is 15.4. The summed E-state index contributed by atoms with van der Waals surface area (Å²) < 4.78 is 13.4. The van der Waals surface area contributed by atoms with E-state index in [1.807, 2.05) is 24.6 Å². The molecule has 1 aromatic carbocycles. The quantitative estimate of drug-likeness (QED) is 0.331. The van der Waals surface area contributed by atoms with E-state index in [0.717, 1.165) is 41.0 Å². The van der Waals surface area contributed by atoms with Gasteiger partial charge in [0.2, 0.25) is 5.91 Å². The van der Waals surface area contributed by atoms with E-state index in [1.54, 1.807) is 30.3 Å². The number of amides is 1. The van der Waals surface area contributed by atoms with Crippen molar-refractivity contribution in [1.29, 1.82) is 0 Å². The molecular formula is C28H30ClN7O3. The number of carbonyl (C=O) groups excluding carboxylic acids is 1. The molecule has 202 valence electrons. The maximum atomic E-state index is 12.3. The lowest BCUT2D eigenvalue weighted by Crippen LogP contribution is -2.40. The van der Waals surface area contributed by atoms with E-state index in [-0.39, 0.29) is 18.6 Å². The molecule has 0 radical (unpaired) electrons. The molecule has 1 amide bonds. The third kappa shape index (κ3) is 4.99. The third-order valence-corrected chi connectivity index (χ3v) is 7.36. The first-order valence-corrected chi connectivity index (χ1v) is 13.0. The Morgan fingerprint density at radius 1 is 1.28 bits per heavy atom. The fourth-order valence-electron chi connectivity index (χ4n) is 5.06. The van der Waals surface area contributed by atoms with Gasteiger partial charge in [0, 0.05) is 36.0 Å². The Balaban J connectivity index is 1.45. The summed E-state index contributed by atoms with van der Waals surface area (Å²) in [5, 5.41) is 5.97. The van der Waals surface area contributed by atoms with E-state index in [4.69, 9.17) is 31.9 Å². The van der Waals surface area contributed by atoms with Gasteiger partial charge in [0.1, 0.15) is 35.9 Å². The molecule has 4 aromatic rings. The zero-order chi connectivity index (χ0) is 27.7. The van der Waals surface area contributed by atoms with Crippen LogP contribution in [0.25, 0.3) is 22.3 Å². The fourth-order valence-corrected chi connectivity index (χ4v) is 5.30. The van der Waals surface area contributed by atoms with Gasteiger partial charge in [0.05, 0.1) is 29.3 Å². The minimum Gasteiger partial charge on any atom is -0.496 e. The summed E-state index contributed by atoms with van der Waals surface area (Å²) >= 11 is 6.66. The molecule has 4 heterocycles. The molecule has 2 N–H and O–H groups in total.